The van der Waals surface area contributed by atoms with E-state index in [0.717, 1.165) is 49.9 Å². The Morgan fingerprint density at radius 3 is 2.62 bits per heavy atom. The number of benzene rings is 1. The van der Waals surface area contributed by atoms with E-state index < -0.39 is 0 Å². The van der Waals surface area contributed by atoms with Gasteiger partial charge in [0.2, 0.25) is 5.95 Å². The van der Waals surface area contributed by atoms with Crippen molar-refractivity contribution in [3.63, 3.8) is 0 Å². The minimum Gasteiger partial charge on any atom is -0.390 e. The summed E-state index contributed by atoms with van der Waals surface area (Å²) in [6.07, 6.45) is 5.06. The molecule has 0 unspecified atom stereocenters. The molecule has 136 valence electrons. The molecule has 4 heterocycles. The van der Waals surface area contributed by atoms with Gasteiger partial charge >= 0.3 is 0 Å². The summed E-state index contributed by atoms with van der Waals surface area (Å²) >= 11 is 0. The normalized spacial score (nSPS) is 25.9. The lowest BCUT2D eigenvalue weighted by Gasteiger charge is -2.25. The standard InChI is InChI=1S/C20H25N5O/c26-19-14-24(13-18(19)23-9-4-5-10-23)20-21-12-17-16(22-20)8-11-25(17)15-6-2-1-3-7-15/h1-3,6-7,12,18-19,26H,4-5,8-11,13-14H2/t18-,19-/m0/s1. The van der Waals surface area contributed by atoms with Crippen LogP contribution >= 0.6 is 0 Å². The van der Waals surface area contributed by atoms with Gasteiger partial charge in [0.1, 0.15) is 0 Å². The number of β-amino-alcohol motifs (C(OH)–C–C–N with tert-alkyl or cyclic N) is 1. The number of hydrogen-bond donors (Lipinski definition) is 1. The van der Waals surface area contributed by atoms with Crippen molar-refractivity contribution in [2.24, 2.45) is 0 Å². The van der Waals surface area contributed by atoms with Gasteiger partial charge in [0.25, 0.3) is 0 Å². The lowest BCUT2D eigenvalue weighted by atomic mass is 10.2. The Labute approximate surface area is 154 Å². The fraction of sp³-hybridized carbons (Fsp3) is 0.500. The van der Waals surface area contributed by atoms with E-state index in [9.17, 15) is 5.11 Å². The minimum atomic E-state index is -0.314. The zero-order valence-corrected chi connectivity index (χ0v) is 15.0. The molecule has 3 aliphatic rings. The lowest BCUT2D eigenvalue weighted by molar-refractivity contribution is 0.0986. The average molecular weight is 351 g/mol. The zero-order valence-electron chi connectivity index (χ0n) is 15.0. The SMILES string of the molecule is O[C@H]1CN(c2ncc3c(n2)CCN3c2ccccc2)C[C@@H]1N1CCCC1. The molecule has 0 radical (unpaired) electrons. The number of rotatable bonds is 3. The fourth-order valence-corrected chi connectivity index (χ4v) is 4.54. The van der Waals surface area contributed by atoms with Crippen LogP contribution in [0.25, 0.3) is 0 Å². The molecule has 3 aliphatic heterocycles. The molecule has 2 atom stereocenters. The van der Waals surface area contributed by atoms with Crippen LogP contribution in [0.1, 0.15) is 18.5 Å². The molecule has 0 saturated carbocycles. The number of para-hydroxylation sites is 1. The highest BCUT2D eigenvalue weighted by molar-refractivity contribution is 5.68. The third-order valence-electron chi connectivity index (χ3n) is 5.92. The molecule has 2 saturated heterocycles. The second kappa shape index (κ2) is 6.52. The summed E-state index contributed by atoms with van der Waals surface area (Å²) in [5.41, 5.74) is 3.40. The number of fused-ring (bicyclic) bond motifs is 1. The zero-order chi connectivity index (χ0) is 17.5. The van der Waals surface area contributed by atoms with Crippen molar-refractivity contribution in [2.75, 3.05) is 42.5 Å². The molecular formula is C20H25N5O. The van der Waals surface area contributed by atoms with Gasteiger partial charge < -0.3 is 14.9 Å². The Morgan fingerprint density at radius 2 is 1.81 bits per heavy atom. The van der Waals surface area contributed by atoms with E-state index in [4.69, 9.17) is 4.98 Å². The predicted octanol–water partition coefficient (Wildman–Crippen LogP) is 1.82. The number of aromatic nitrogens is 2. The summed E-state index contributed by atoms with van der Waals surface area (Å²) in [6, 6.07) is 10.6. The van der Waals surface area contributed by atoms with Gasteiger partial charge in [-0.05, 0) is 38.1 Å². The van der Waals surface area contributed by atoms with Gasteiger partial charge in [-0.3, -0.25) is 4.90 Å². The summed E-state index contributed by atoms with van der Waals surface area (Å²) in [4.78, 5) is 16.4. The second-order valence-electron chi connectivity index (χ2n) is 7.52. The molecule has 0 aliphatic carbocycles. The molecule has 0 bridgehead atoms. The fourth-order valence-electron chi connectivity index (χ4n) is 4.54. The van der Waals surface area contributed by atoms with E-state index in [2.05, 4.69) is 43.9 Å². The monoisotopic (exact) mass is 351 g/mol. The van der Waals surface area contributed by atoms with E-state index in [1.165, 1.54) is 18.5 Å². The molecule has 0 amide bonds. The summed E-state index contributed by atoms with van der Waals surface area (Å²) in [5.74, 6) is 0.763. The van der Waals surface area contributed by atoms with Gasteiger partial charge in [-0.2, -0.15) is 0 Å². The van der Waals surface area contributed by atoms with Crippen molar-refractivity contribution in [3.05, 3.63) is 42.2 Å². The Morgan fingerprint density at radius 1 is 1.00 bits per heavy atom. The Balaban J connectivity index is 1.36. The van der Waals surface area contributed by atoms with Crippen molar-refractivity contribution < 1.29 is 5.11 Å². The maximum absolute atomic E-state index is 10.5. The van der Waals surface area contributed by atoms with E-state index in [1.54, 1.807) is 0 Å². The van der Waals surface area contributed by atoms with E-state index >= 15 is 0 Å². The third-order valence-corrected chi connectivity index (χ3v) is 5.92. The molecule has 26 heavy (non-hydrogen) atoms. The van der Waals surface area contributed by atoms with Crippen molar-refractivity contribution >= 4 is 17.3 Å². The van der Waals surface area contributed by atoms with Crippen molar-refractivity contribution in [1.29, 1.82) is 0 Å². The summed E-state index contributed by atoms with van der Waals surface area (Å²) < 4.78 is 0. The molecular weight excluding hydrogens is 326 g/mol. The Hall–Kier alpha value is -2.18. The molecule has 1 N–H and O–H groups in total. The van der Waals surface area contributed by atoms with Gasteiger partial charge in [0.05, 0.1) is 29.7 Å². The number of nitrogens with zero attached hydrogens (tertiary/aromatic N) is 5. The van der Waals surface area contributed by atoms with Crippen LogP contribution in [0, 0.1) is 0 Å². The van der Waals surface area contributed by atoms with Gasteiger partial charge in [-0.15, -0.1) is 0 Å². The quantitative estimate of drug-likeness (QED) is 0.910. The largest absolute Gasteiger partial charge is 0.390 e. The maximum atomic E-state index is 10.5. The highest BCUT2D eigenvalue weighted by atomic mass is 16.3. The second-order valence-corrected chi connectivity index (χ2v) is 7.52. The van der Waals surface area contributed by atoms with Gasteiger partial charge in [0.15, 0.2) is 0 Å². The van der Waals surface area contributed by atoms with Crippen molar-refractivity contribution in [3.8, 4) is 0 Å². The van der Waals surface area contributed by atoms with Crippen LogP contribution in [0.5, 0.6) is 0 Å². The molecule has 5 rings (SSSR count). The number of likely N-dealkylation sites (tertiary alicyclic amines) is 1. The molecule has 2 aromatic rings. The Bertz CT molecular complexity index is 777. The van der Waals surface area contributed by atoms with E-state index in [-0.39, 0.29) is 12.1 Å². The van der Waals surface area contributed by atoms with Crippen molar-refractivity contribution in [1.82, 2.24) is 14.9 Å². The molecule has 1 aromatic heterocycles. The minimum absolute atomic E-state index is 0.218. The smallest absolute Gasteiger partial charge is 0.225 e. The van der Waals surface area contributed by atoms with Gasteiger partial charge in [-0.25, -0.2) is 9.97 Å². The first kappa shape index (κ1) is 16.0. The number of aliphatic hydroxyl groups is 1. The Kier molecular flexibility index (Phi) is 4.02. The molecule has 2 fully saturated rings. The van der Waals surface area contributed by atoms with E-state index in [1.807, 2.05) is 12.3 Å². The van der Waals surface area contributed by atoms with Crippen molar-refractivity contribution in [2.45, 2.75) is 31.4 Å². The van der Waals surface area contributed by atoms with Crippen LogP contribution in [-0.4, -0.2) is 64.8 Å². The lowest BCUT2D eigenvalue weighted by Crippen LogP contribution is -2.41. The van der Waals surface area contributed by atoms with Crippen LogP contribution < -0.4 is 9.80 Å². The first-order chi connectivity index (χ1) is 12.8. The summed E-state index contributed by atoms with van der Waals surface area (Å²) in [7, 11) is 0. The molecule has 1 aromatic carbocycles. The van der Waals surface area contributed by atoms with Crippen LogP contribution in [0.15, 0.2) is 36.5 Å². The van der Waals surface area contributed by atoms with Crippen LogP contribution in [-0.2, 0) is 6.42 Å². The topological polar surface area (TPSA) is 55.7 Å². The number of aliphatic hydroxyl groups excluding tert-OH is 1. The number of hydrogen-bond acceptors (Lipinski definition) is 6. The molecule has 6 nitrogen and oxygen atoms in total. The number of anilines is 3. The molecule has 6 heteroatoms. The average Bonchev–Trinajstić information content (AvgIpc) is 3.41. The maximum Gasteiger partial charge on any atom is 0.225 e. The first-order valence-electron chi connectivity index (χ1n) is 9.65. The predicted molar refractivity (Wildman–Crippen MR) is 102 cm³/mol. The summed E-state index contributed by atoms with van der Waals surface area (Å²) in [6.45, 7) is 4.60. The summed E-state index contributed by atoms with van der Waals surface area (Å²) in [5, 5.41) is 10.5. The molecule has 0 spiro atoms. The van der Waals surface area contributed by atoms with Gasteiger partial charge in [0, 0.05) is 31.7 Å². The van der Waals surface area contributed by atoms with E-state index in [0.29, 0.717) is 6.54 Å². The highest BCUT2D eigenvalue weighted by Crippen LogP contribution is 2.34. The van der Waals surface area contributed by atoms with Gasteiger partial charge in [-0.1, -0.05) is 18.2 Å². The van der Waals surface area contributed by atoms with Crippen LogP contribution in [0.2, 0.25) is 0 Å². The first-order valence-corrected chi connectivity index (χ1v) is 9.65. The van der Waals surface area contributed by atoms with Crippen LogP contribution in [0.3, 0.4) is 0 Å². The van der Waals surface area contributed by atoms with Crippen LogP contribution in [0.4, 0.5) is 17.3 Å². The third kappa shape index (κ3) is 2.73. The highest BCUT2D eigenvalue weighted by Gasteiger charge is 2.38.